The highest BCUT2D eigenvalue weighted by atomic mass is 16.5. The van der Waals surface area contributed by atoms with Crippen molar-refractivity contribution in [2.75, 3.05) is 6.61 Å². The number of rotatable bonds is 6. The highest BCUT2D eigenvalue weighted by molar-refractivity contribution is 5.78. The molecule has 5 heteroatoms. The van der Waals surface area contributed by atoms with Gasteiger partial charge in [0, 0.05) is 6.04 Å². The summed E-state index contributed by atoms with van der Waals surface area (Å²) in [5.74, 6) is 0.482. The van der Waals surface area contributed by atoms with E-state index in [1.165, 1.54) is 12.8 Å². The minimum atomic E-state index is -0.495. The molecule has 24 heavy (non-hydrogen) atoms. The first-order chi connectivity index (χ1) is 11.6. The fourth-order valence-electron chi connectivity index (χ4n) is 3.23. The number of hydrogen-bond donors (Lipinski definition) is 2. The average molecular weight is 332 g/mol. The van der Waals surface area contributed by atoms with Crippen LogP contribution in [0.2, 0.25) is 0 Å². The van der Waals surface area contributed by atoms with Crippen LogP contribution in [-0.2, 0) is 9.53 Å². The molecule has 3 atom stereocenters. The molecule has 1 aliphatic rings. The highest BCUT2D eigenvalue weighted by Crippen LogP contribution is 2.24. The maximum atomic E-state index is 12.5. The van der Waals surface area contributed by atoms with Gasteiger partial charge in [0.15, 0.2) is 0 Å². The molecule has 2 amide bonds. The van der Waals surface area contributed by atoms with E-state index in [0.29, 0.717) is 12.5 Å². The lowest BCUT2D eigenvalue weighted by atomic mass is 9.86. The van der Waals surface area contributed by atoms with Gasteiger partial charge in [0.1, 0.15) is 0 Å². The molecular weight excluding hydrogens is 304 g/mol. The first-order valence-corrected chi connectivity index (χ1v) is 8.87. The summed E-state index contributed by atoms with van der Waals surface area (Å²) in [6, 6.07) is 9.39. The van der Waals surface area contributed by atoms with Gasteiger partial charge in [-0.05, 0) is 31.2 Å². The van der Waals surface area contributed by atoms with E-state index in [2.05, 4.69) is 17.6 Å². The van der Waals surface area contributed by atoms with Gasteiger partial charge in [-0.25, -0.2) is 4.79 Å². The second-order valence-corrected chi connectivity index (χ2v) is 6.47. The summed E-state index contributed by atoms with van der Waals surface area (Å²) in [7, 11) is 0. The molecule has 5 nitrogen and oxygen atoms in total. The maximum absolute atomic E-state index is 12.5. The second kappa shape index (κ2) is 9.30. The number of alkyl carbamates (subject to hydrolysis) is 1. The van der Waals surface area contributed by atoms with Crippen molar-refractivity contribution in [2.24, 2.45) is 5.92 Å². The average Bonchev–Trinajstić information content (AvgIpc) is 2.57. The number of nitrogens with one attached hydrogen (secondary N) is 2. The van der Waals surface area contributed by atoms with Crippen LogP contribution in [0.4, 0.5) is 4.79 Å². The molecule has 132 valence electrons. The summed E-state index contributed by atoms with van der Waals surface area (Å²) in [6.45, 7) is 4.25. The van der Waals surface area contributed by atoms with Gasteiger partial charge in [0.05, 0.1) is 19.1 Å². The molecule has 0 radical (unpaired) electrons. The number of carbonyl (C=O) groups excluding carboxylic acids is 2. The van der Waals surface area contributed by atoms with E-state index in [0.717, 1.165) is 18.4 Å². The Balaban J connectivity index is 1.98. The van der Waals surface area contributed by atoms with Crippen molar-refractivity contribution in [1.29, 1.82) is 0 Å². The Morgan fingerprint density at radius 3 is 2.58 bits per heavy atom. The zero-order valence-corrected chi connectivity index (χ0v) is 14.6. The van der Waals surface area contributed by atoms with E-state index < -0.39 is 6.09 Å². The molecule has 0 spiro atoms. The molecule has 1 saturated carbocycles. The van der Waals surface area contributed by atoms with Crippen molar-refractivity contribution in [1.82, 2.24) is 10.6 Å². The smallest absolute Gasteiger partial charge is 0.407 e. The Bertz CT molecular complexity index is 533. The fourth-order valence-corrected chi connectivity index (χ4v) is 3.23. The summed E-state index contributed by atoms with van der Waals surface area (Å²) in [5, 5.41) is 5.93. The molecule has 0 saturated heterocycles. The van der Waals surface area contributed by atoms with Gasteiger partial charge >= 0.3 is 6.09 Å². The van der Waals surface area contributed by atoms with E-state index in [4.69, 9.17) is 4.74 Å². The summed E-state index contributed by atoms with van der Waals surface area (Å²) in [6.07, 6.45) is 4.32. The summed E-state index contributed by atoms with van der Waals surface area (Å²) in [5.41, 5.74) is 0.900. The fraction of sp³-hybridized carbons (Fsp3) is 0.579. The molecule has 0 bridgehead atoms. The van der Waals surface area contributed by atoms with Crippen LogP contribution in [0.3, 0.4) is 0 Å². The third-order valence-electron chi connectivity index (χ3n) is 4.62. The Morgan fingerprint density at radius 1 is 1.21 bits per heavy atom. The molecule has 1 aromatic rings. The molecule has 0 aliphatic heterocycles. The van der Waals surface area contributed by atoms with Crippen molar-refractivity contribution in [3.63, 3.8) is 0 Å². The van der Waals surface area contributed by atoms with Crippen molar-refractivity contribution in [3.8, 4) is 0 Å². The standard InChI is InChI=1S/C19H28N2O3/c1-3-24-19(23)21-17(15-10-5-4-6-11-15)13-18(22)20-16-12-8-7-9-14(16)2/h4-6,10-11,14,16-17H,3,7-9,12-13H2,1-2H3,(H,20,22)(H,21,23)/t14-,16+,17-/m1/s1. The Labute approximate surface area is 144 Å². The number of ether oxygens (including phenoxy) is 1. The predicted octanol–water partition coefficient (Wildman–Crippen LogP) is 3.56. The normalized spacial score (nSPS) is 21.6. The van der Waals surface area contributed by atoms with Crippen LogP contribution in [0.25, 0.3) is 0 Å². The largest absolute Gasteiger partial charge is 0.450 e. The lowest BCUT2D eigenvalue weighted by Gasteiger charge is -2.30. The van der Waals surface area contributed by atoms with Crippen LogP contribution in [0.1, 0.15) is 57.6 Å². The molecule has 0 aromatic heterocycles. The molecule has 0 heterocycles. The number of benzene rings is 1. The monoisotopic (exact) mass is 332 g/mol. The van der Waals surface area contributed by atoms with Crippen LogP contribution in [0, 0.1) is 5.92 Å². The van der Waals surface area contributed by atoms with E-state index in [9.17, 15) is 9.59 Å². The summed E-state index contributed by atoms with van der Waals surface area (Å²) < 4.78 is 4.96. The van der Waals surface area contributed by atoms with Crippen molar-refractivity contribution < 1.29 is 14.3 Å². The Hall–Kier alpha value is -2.04. The van der Waals surface area contributed by atoms with Crippen LogP contribution < -0.4 is 10.6 Å². The molecule has 1 fully saturated rings. The SMILES string of the molecule is CCOC(=O)N[C@H](CC(=O)N[C@H]1CCCC[C@H]1C)c1ccccc1. The predicted molar refractivity (Wildman–Crippen MR) is 93.5 cm³/mol. The van der Waals surface area contributed by atoms with Gasteiger partial charge in [0.2, 0.25) is 5.91 Å². The highest BCUT2D eigenvalue weighted by Gasteiger charge is 2.25. The van der Waals surface area contributed by atoms with Crippen LogP contribution in [-0.4, -0.2) is 24.6 Å². The van der Waals surface area contributed by atoms with E-state index in [-0.39, 0.29) is 24.4 Å². The minimum Gasteiger partial charge on any atom is -0.450 e. The van der Waals surface area contributed by atoms with Crippen LogP contribution in [0.5, 0.6) is 0 Å². The van der Waals surface area contributed by atoms with Gasteiger partial charge < -0.3 is 15.4 Å². The minimum absolute atomic E-state index is 0.0283. The quantitative estimate of drug-likeness (QED) is 0.837. The zero-order chi connectivity index (χ0) is 17.4. The van der Waals surface area contributed by atoms with Crippen molar-refractivity contribution >= 4 is 12.0 Å². The van der Waals surface area contributed by atoms with Gasteiger partial charge in [-0.15, -0.1) is 0 Å². The molecular formula is C19H28N2O3. The van der Waals surface area contributed by atoms with Crippen LogP contribution in [0.15, 0.2) is 30.3 Å². The van der Waals surface area contributed by atoms with Gasteiger partial charge in [-0.3, -0.25) is 4.79 Å². The third kappa shape index (κ3) is 5.55. The lowest BCUT2D eigenvalue weighted by Crippen LogP contribution is -2.42. The summed E-state index contributed by atoms with van der Waals surface area (Å²) in [4.78, 5) is 24.3. The van der Waals surface area contributed by atoms with Gasteiger partial charge in [-0.2, -0.15) is 0 Å². The molecule has 2 N–H and O–H groups in total. The summed E-state index contributed by atoms with van der Waals surface area (Å²) >= 11 is 0. The van der Waals surface area contributed by atoms with E-state index >= 15 is 0 Å². The zero-order valence-electron chi connectivity index (χ0n) is 14.6. The van der Waals surface area contributed by atoms with Crippen LogP contribution >= 0.6 is 0 Å². The molecule has 1 aromatic carbocycles. The topological polar surface area (TPSA) is 67.4 Å². The molecule has 1 aliphatic carbocycles. The lowest BCUT2D eigenvalue weighted by molar-refractivity contribution is -0.122. The van der Waals surface area contributed by atoms with E-state index in [1.807, 2.05) is 30.3 Å². The first kappa shape index (κ1) is 18.3. The number of hydrogen-bond acceptors (Lipinski definition) is 3. The van der Waals surface area contributed by atoms with Gasteiger partial charge in [0.25, 0.3) is 0 Å². The Morgan fingerprint density at radius 2 is 1.92 bits per heavy atom. The second-order valence-electron chi connectivity index (χ2n) is 6.47. The number of carbonyl (C=O) groups is 2. The molecule has 2 rings (SSSR count). The maximum Gasteiger partial charge on any atom is 0.407 e. The Kier molecular flexibility index (Phi) is 7.09. The van der Waals surface area contributed by atoms with Crippen molar-refractivity contribution in [2.45, 2.75) is 58.0 Å². The molecule has 0 unspecified atom stereocenters. The third-order valence-corrected chi connectivity index (χ3v) is 4.62. The van der Waals surface area contributed by atoms with E-state index in [1.54, 1.807) is 6.92 Å². The number of amides is 2. The first-order valence-electron chi connectivity index (χ1n) is 8.87. The van der Waals surface area contributed by atoms with Crippen molar-refractivity contribution in [3.05, 3.63) is 35.9 Å². The van der Waals surface area contributed by atoms with Gasteiger partial charge in [-0.1, -0.05) is 50.1 Å².